The van der Waals surface area contributed by atoms with Crippen molar-refractivity contribution < 1.29 is 22.7 Å². The molecule has 1 aliphatic rings. The van der Waals surface area contributed by atoms with E-state index in [4.69, 9.17) is 4.74 Å². The Morgan fingerprint density at radius 2 is 2.00 bits per heavy atom. The quantitative estimate of drug-likeness (QED) is 0.665. The molecule has 0 radical (unpaired) electrons. The molecule has 4 rings (SSSR count). The zero-order valence-corrected chi connectivity index (χ0v) is 16.3. The summed E-state index contributed by atoms with van der Waals surface area (Å²) in [6.45, 7) is 1.87. The Morgan fingerprint density at radius 3 is 2.70 bits per heavy atom. The van der Waals surface area contributed by atoms with Crippen molar-refractivity contribution in [3.63, 3.8) is 0 Å². The maximum atomic E-state index is 12.9. The van der Waals surface area contributed by atoms with Crippen molar-refractivity contribution in [2.24, 2.45) is 0 Å². The summed E-state index contributed by atoms with van der Waals surface area (Å²) in [5.74, 6) is -0.261. The first-order valence-electron chi connectivity index (χ1n) is 9.61. The molecule has 1 fully saturated rings. The van der Waals surface area contributed by atoms with Crippen LogP contribution in [0.5, 0.6) is 5.75 Å². The molecular formula is C21H21F3N4O2. The zero-order valence-electron chi connectivity index (χ0n) is 16.3. The van der Waals surface area contributed by atoms with Gasteiger partial charge in [0.2, 0.25) is 0 Å². The van der Waals surface area contributed by atoms with E-state index in [1.165, 1.54) is 19.2 Å². The van der Waals surface area contributed by atoms with Crippen LogP contribution in [-0.4, -0.2) is 35.9 Å². The zero-order chi connectivity index (χ0) is 21.3. The maximum absolute atomic E-state index is 12.9. The minimum Gasteiger partial charge on any atom is -0.494 e. The van der Waals surface area contributed by atoms with Gasteiger partial charge in [0.25, 0.3) is 5.91 Å². The summed E-state index contributed by atoms with van der Waals surface area (Å²) in [5.41, 5.74) is 0.137. The van der Waals surface area contributed by atoms with E-state index in [2.05, 4.69) is 15.7 Å². The Hall–Kier alpha value is -3.07. The Kier molecular flexibility index (Phi) is 5.38. The van der Waals surface area contributed by atoms with E-state index in [9.17, 15) is 18.0 Å². The van der Waals surface area contributed by atoms with Gasteiger partial charge < -0.3 is 15.4 Å². The highest BCUT2D eigenvalue weighted by molar-refractivity contribution is 6.06. The lowest BCUT2D eigenvalue weighted by Crippen LogP contribution is -2.29. The molecule has 0 unspecified atom stereocenters. The molecule has 0 saturated carbocycles. The van der Waals surface area contributed by atoms with E-state index in [0.717, 1.165) is 49.0 Å². The topological polar surface area (TPSA) is 68.2 Å². The first-order chi connectivity index (χ1) is 14.3. The molecule has 0 spiro atoms. The fraction of sp³-hybridized carbons (Fsp3) is 0.333. The lowest BCUT2D eigenvalue weighted by atomic mass is 10.1. The van der Waals surface area contributed by atoms with E-state index in [1.54, 1.807) is 12.1 Å². The number of anilines is 1. The molecule has 1 aliphatic heterocycles. The van der Waals surface area contributed by atoms with Gasteiger partial charge in [0.15, 0.2) is 0 Å². The highest BCUT2D eigenvalue weighted by Gasteiger charge is 2.31. The minimum atomic E-state index is -4.52. The second-order valence-electron chi connectivity index (χ2n) is 7.23. The van der Waals surface area contributed by atoms with Gasteiger partial charge in [-0.05, 0) is 50.2 Å². The summed E-state index contributed by atoms with van der Waals surface area (Å²) in [6.07, 6.45) is -0.644. The van der Waals surface area contributed by atoms with E-state index in [-0.39, 0.29) is 5.56 Å². The molecule has 1 amide bonds. The van der Waals surface area contributed by atoms with Crippen molar-refractivity contribution in [1.82, 2.24) is 15.1 Å². The van der Waals surface area contributed by atoms with E-state index < -0.39 is 17.6 Å². The second-order valence-corrected chi connectivity index (χ2v) is 7.23. The number of halogens is 3. The van der Waals surface area contributed by atoms with Gasteiger partial charge in [-0.2, -0.15) is 18.3 Å². The van der Waals surface area contributed by atoms with Gasteiger partial charge in [-0.15, -0.1) is 0 Å². The number of aromatic nitrogens is 2. The Bertz CT molecular complexity index is 1070. The monoisotopic (exact) mass is 418 g/mol. The number of nitrogens with one attached hydrogen (secondary N) is 2. The largest absolute Gasteiger partial charge is 0.494 e. The van der Waals surface area contributed by atoms with Crippen LogP contribution in [0.2, 0.25) is 0 Å². The van der Waals surface area contributed by atoms with Crippen LogP contribution in [0, 0.1) is 0 Å². The second kappa shape index (κ2) is 7.98. The van der Waals surface area contributed by atoms with Crippen molar-refractivity contribution in [3.05, 3.63) is 53.7 Å². The number of benzene rings is 2. The molecule has 2 aromatic carbocycles. The van der Waals surface area contributed by atoms with E-state index >= 15 is 0 Å². The normalized spacial score (nSPS) is 15.3. The third-order valence-electron chi connectivity index (χ3n) is 5.23. The van der Waals surface area contributed by atoms with Crippen molar-refractivity contribution >= 4 is 22.5 Å². The van der Waals surface area contributed by atoms with Crippen LogP contribution in [0.1, 0.15) is 34.8 Å². The predicted molar refractivity (Wildman–Crippen MR) is 107 cm³/mol. The van der Waals surface area contributed by atoms with Crippen LogP contribution in [0.15, 0.2) is 42.6 Å². The Balaban J connectivity index is 1.62. The Labute approximate surface area is 171 Å². The summed E-state index contributed by atoms with van der Waals surface area (Å²) in [5, 5.41) is 11.4. The van der Waals surface area contributed by atoms with Gasteiger partial charge >= 0.3 is 6.18 Å². The minimum absolute atomic E-state index is 0.0858. The standard InChI is InChI=1S/C21H21F3N4O2/c1-30-19-11-17-14(12-28(27-17)16-5-7-25-8-6-16)10-18(19)26-20(29)13-3-2-4-15(9-13)21(22,23)24/h2-4,9-12,16,25H,5-8H2,1H3,(H,26,29). The van der Waals surface area contributed by atoms with Crippen LogP contribution < -0.4 is 15.4 Å². The molecule has 158 valence electrons. The lowest BCUT2D eigenvalue weighted by Gasteiger charge is -2.22. The van der Waals surface area contributed by atoms with Crippen LogP contribution in [-0.2, 0) is 6.18 Å². The first kappa shape index (κ1) is 20.2. The molecule has 3 aromatic rings. The molecule has 2 heterocycles. The van der Waals surface area contributed by atoms with E-state index in [1.807, 2.05) is 10.9 Å². The van der Waals surface area contributed by atoms with Crippen molar-refractivity contribution in [2.75, 3.05) is 25.5 Å². The number of hydrogen-bond acceptors (Lipinski definition) is 4. The number of fused-ring (bicyclic) bond motifs is 1. The highest BCUT2D eigenvalue weighted by atomic mass is 19.4. The molecule has 9 heteroatoms. The molecule has 30 heavy (non-hydrogen) atoms. The molecule has 2 N–H and O–H groups in total. The van der Waals surface area contributed by atoms with Gasteiger partial charge in [-0.3, -0.25) is 9.48 Å². The summed E-state index contributed by atoms with van der Waals surface area (Å²) in [4.78, 5) is 12.6. The smallest absolute Gasteiger partial charge is 0.416 e. The van der Waals surface area contributed by atoms with Gasteiger partial charge in [0.05, 0.1) is 29.9 Å². The summed E-state index contributed by atoms with van der Waals surface area (Å²) < 4.78 is 46.1. The van der Waals surface area contributed by atoms with Crippen molar-refractivity contribution in [2.45, 2.75) is 25.1 Å². The number of nitrogens with zero attached hydrogens (tertiary/aromatic N) is 2. The SMILES string of the molecule is COc1cc2nn(C3CCNCC3)cc2cc1NC(=O)c1cccc(C(F)(F)F)c1. The van der Waals surface area contributed by atoms with Gasteiger partial charge in [0.1, 0.15) is 5.75 Å². The molecule has 1 aromatic heterocycles. The fourth-order valence-electron chi connectivity index (χ4n) is 3.63. The number of ether oxygens (including phenoxy) is 1. The number of carbonyl (C=O) groups is 1. The first-order valence-corrected chi connectivity index (χ1v) is 9.61. The van der Waals surface area contributed by atoms with Crippen LogP contribution in [0.25, 0.3) is 10.9 Å². The average molecular weight is 418 g/mol. The number of amides is 1. The number of rotatable bonds is 4. The summed E-state index contributed by atoms with van der Waals surface area (Å²) >= 11 is 0. The number of hydrogen-bond donors (Lipinski definition) is 2. The van der Waals surface area contributed by atoms with Crippen molar-refractivity contribution in [3.8, 4) is 5.75 Å². The highest BCUT2D eigenvalue weighted by Crippen LogP contribution is 2.33. The van der Waals surface area contributed by atoms with Gasteiger partial charge in [-0.25, -0.2) is 0 Å². The van der Waals surface area contributed by atoms with Crippen LogP contribution in [0.4, 0.5) is 18.9 Å². The number of alkyl halides is 3. The summed E-state index contributed by atoms with van der Waals surface area (Å²) in [6, 6.07) is 8.05. The van der Waals surface area contributed by atoms with E-state index in [0.29, 0.717) is 17.5 Å². The third-order valence-corrected chi connectivity index (χ3v) is 5.23. The Morgan fingerprint density at radius 1 is 1.23 bits per heavy atom. The van der Waals surface area contributed by atoms with Gasteiger partial charge in [-0.1, -0.05) is 6.07 Å². The lowest BCUT2D eigenvalue weighted by molar-refractivity contribution is -0.137. The maximum Gasteiger partial charge on any atom is 0.416 e. The molecule has 6 nitrogen and oxygen atoms in total. The summed E-state index contributed by atoms with van der Waals surface area (Å²) in [7, 11) is 1.46. The average Bonchev–Trinajstić information content (AvgIpc) is 3.16. The molecule has 1 saturated heterocycles. The molecular weight excluding hydrogens is 397 g/mol. The molecule has 0 bridgehead atoms. The fourth-order valence-corrected chi connectivity index (χ4v) is 3.63. The van der Waals surface area contributed by atoms with Crippen LogP contribution >= 0.6 is 0 Å². The number of carbonyl (C=O) groups excluding carboxylic acids is 1. The molecule has 0 atom stereocenters. The number of piperidine rings is 1. The van der Waals surface area contributed by atoms with Crippen molar-refractivity contribution in [1.29, 1.82) is 0 Å². The third kappa shape index (κ3) is 4.11. The number of methoxy groups -OCH3 is 1. The predicted octanol–water partition coefficient (Wildman–Crippen LogP) is 4.24. The molecule has 0 aliphatic carbocycles. The van der Waals surface area contributed by atoms with Crippen LogP contribution in [0.3, 0.4) is 0 Å². The van der Waals surface area contributed by atoms with Gasteiger partial charge in [0, 0.05) is 23.2 Å².